The fraction of sp³-hybridized carbons (Fsp3) is 0.214. The van der Waals surface area contributed by atoms with Crippen molar-refractivity contribution in [3.05, 3.63) is 48.1 Å². The van der Waals surface area contributed by atoms with Crippen LogP contribution >= 0.6 is 0 Å². The summed E-state index contributed by atoms with van der Waals surface area (Å²) in [4.78, 5) is 4.33. The van der Waals surface area contributed by atoms with Crippen LogP contribution in [-0.2, 0) is 0 Å². The minimum Gasteiger partial charge on any atom is -0.493 e. The van der Waals surface area contributed by atoms with Crippen molar-refractivity contribution < 1.29 is 18.3 Å². The van der Waals surface area contributed by atoms with Gasteiger partial charge < -0.3 is 9.47 Å². The van der Waals surface area contributed by atoms with Gasteiger partial charge >= 0.3 is 6.61 Å². The van der Waals surface area contributed by atoms with Gasteiger partial charge in [0.25, 0.3) is 0 Å². The third-order valence-corrected chi connectivity index (χ3v) is 2.60. The summed E-state index contributed by atoms with van der Waals surface area (Å²) in [6.07, 6.45) is 3.70. The van der Waals surface area contributed by atoms with Crippen molar-refractivity contribution in [1.82, 2.24) is 0 Å². The standard InChI is InChI=1S/C14H13F2NO2/c1-9-3-5-11(17-8-9)10-4-6-12(19-14(15)16)13(7-10)18-2/h3-7,14H,1,8H2,2H3. The average molecular weight is 265 g/mol. The number of dihydropyridines is 1. The Labute approximate surface area is 109 Å². The molecule has 0 N–H and O–H groups in total. The first-order valence-electron chi connectivity index (χ1n) is 5.63. The summed E-state index contributed by atoms with van der Waals surface area (Å²) in [5, 5.41) is 0. The zero-order valence-electron chi connectivity index (χ0n) is 10.4. The van der Waals surface area contributed by atoms with Crippen molar-refractivity contribution >= 4 is 5.71 Å². The molecule has 0 atom stereocenters. The number of hydrogen-bond acceptors (Lipinski definition) is 3. The highest BCUT2D eigenvalue weighted by atomic mass is 19.3. The molecular formula is C14H13F2NO2. The number of nitrogens with zero attached hydrogens (tertiary/aromatic N) is 1. The van der Waals surface area contributed by atoms with Crippen molar-refractivity contribution in [2.75, 3.05) is 13.7 Å². The smallest absolute Gasteiger partial charge is 0.387 e. The number of benzene rings is 1. The van der Waals surface area contributed by atoms with Crippen LogP contribution in [0, 0.1) is 0 Å². The van der Waals surface area contributed by atoms with E-state index < -0.39 is 6.61 Å². The largest absolute Gasteiger partial charge is 0.493 e. The molecule has 0 bridgehead atoms. The van der Waals surface area contributed by atoms with E-state index >= 15 is 0 Å². The van der Waals surface area contributed by atoms with Gasteiger partial charge in [0, 0.05) is 5.56 Å². The number of alkyl halides is 2. The van der Waals surface area contributed by atoms with Crippen LogP contribution in [0.1, 0.15) is 5.56 Å². The van der Waals surface area contributed by atoms with Gasteiger partial charge in [0.15, 0.2) is 11.5 Å². The molecule has 1 aromatic carbocycles. The van der Waals surface area contributed by atoms with Crippen LogP contribution in [0.5, 0.6) is 11.5 Å². The second-order valence-electron chi connectivity index (χ2n) is 3.94. The number of hydrogen-bond donors (Lipinski definition) is 0. The molecule has 0 unspecified atom stereocenters. The summed E-state index contributed by atoms with van der Waals surface area (Å²) >= 11 is 0. The first-order chi connectivity index (χ1) is 9.10. The van der Waals surface area contributed by atoms with Gasteiger partial charge in [-0.1, -0.05) is 12.7 Å². The Hall–Kier alpha value is -2.17. The molecule has 0 aromatic heterocycles. The number of ether oxygens (including phenoxy) is 2. The third kappa shape index (κ3) is 3.19. The van der Waals surface area contributed by atoms with E-state index in [0.717, 1.165) is 16.8 Å². The first kappa shape index (κ1) is 13.3. The lowest BCUT2D eigenvalue weighted by molar-refractivity contribution is -0.0512. The topological polar surface area (TPSA) is 30.8 Å². The van der Waals surface area contributed by atoms with E-state index in [-0.39, 0.29) is 11.5 Å². The molecule has 2 rings (SSSR count). The first-order valence-corrected chi connectivity index (χ1v) is 5.63. The predicted molar refractivity (Wildman–Crippen MR) is 69.3 cm³/mol. The van der Waals surface area contributed by atoms with E-state index in [2.05, 4.69) is 16.3 Å². The van der Waals surface area contributed by atoms with Crippen LogP contribution in [0.3, 0.4) is 0 Å². The van der Waals surface area contributed by atoms with E-state index in [1.165, 1.54) is 13.2 Å². The van der Waals surface area contributed by atoms with Crippen LogP contribution < -0.4 is 9.47 Å². The Balaban J connectivity index is 2.29. The molecule has 0 spiro atoms. The molecule has 0 saturated heterocycles. The Bertz CT molecular complexity index is 550. The van der Waals surface area contributed by atoms with E-state index in [4.69, 9.17) is 4.74 Å². The highest BCUT2D eigenvalue weighted by molar-refractivity contribution is 6.09. The number of aliphatic imine (C=N–C) groups is 1. The van der Waals surface area contributed by atoms with Crippen molar-refractivity contribution in [2.24, 2.45) is 4.99 Å². The summed E-state index contributed by atoms with van der Waals surface area (Å²) in [7, 11) is 1.40. The molecule has 0 fully saturated rings. The molecule has 1 aliphatic rings. The Morgan fingerprint density at radius 2 is 2.05 bits per heavy atom. The SMILES string of the molecule is C=C1C=CC(c2ccc(OC(F)F)c(OC)c2)=NC1. The van der Waals surface area contributed by atoms with E-state index in [1.54, 1.807) is 12.1 Å². The zero-order chi connectivity index (χ0) is 13.8. The summed E-state index contributed by atoms with van der Waals surface area (Å²) < 4.78 is 33.8. The lowest BCUT2D eigenvalue weighted by atomic mass is 10.1. The predicted octanol–water partition coefficient (Wildman–Crippen LogP) is 3.21. The monoisotopic (exact) mass is 265 g/mol. The molecule has 1 heterocycles. The van der Waals surface area contributed by atoms with E-state index in [9.17, 15) is 8.78 Å². The quantitative estimate of drug-likeness (QED) is 0.837. The normalized spacial score (nSPS) is 14.5. The molecule has 3 nitrogen and oxygen atoms in total. The molecule has 100 valence electrons. The van der Waals surface area contributed by atoms with Crippen LogP contribution in [0.2, 0.25) is 0 Å². The minimum absolute atomic E-state index is 0.00560. The van der Waals surface area contributed by atoms with E-state index in [0.29, 0.717) is 6.54 Å². The second kappa shape index (κ2) is 5.65. The molecule has 0 saturated carbocycles. The van der Waals surface area contributed by atoms with Gasteiger partial charge in [0.2, 0.25) is 0 Å². The Morgan fingerprint density at radius 1 is 1.26 bits per heavy atom. The third-order valence-electron chi connectivity index (χ3n) is 2.60. The number of rotatable bonds is 4. The lowest BCUT2D eigenvalue weighted by Crippen LogP contribution is -2.06. The number of halogens is 2. The summed E-state index contributed by atoms with van der Waals surface area (Å²) in [6, 6.07) is 4.73. The molecular weight excluding hydrogens is 252 g/mol. The molecule has 19 heavy (non-hydrogen) atoms. The maximum absolute atomic E-state index is 12.2. The van der Waals surface area contributed by atoms with Gasteiger partial charge in [-0.3, -0.25) is 4.99 Å². The average Bonchev–Trinajstić information content (AvgIpc) is 2.39. The highest BCUT2D eigenvalue weighted by Gasteiger charge is 2.13. The maximum atomic E-state index is 12.2. The fourth-order valence-corrected chi connectivity index (χ4v) is 1.70. The van der Waals surface area contributed by atoms with Crippen molar-refractivity contribution in [3.63, 3.8) is 0 Å². The molecule has 1 aliphatic heterocycles. The zero-order valence-corrected chi connectivity index (χ0v) is 10.4. The Kier molecular flexibility index (Phi) is 3.94. The van der Waals surface area contributed by atoms with Gasteiger partial charge in [-0.2, -0.15) is 8.78 Å². The van der Waals surface area contributed by atoms with Crippen LogP contribution in [0.4, 0.5) is 8.78 Å². The van der Waals surface area contributed by atoms with Gasteiger partial charge in [0.05, 0.1) is 19.4 Å². The summed E-state index contributed by atoms with van der Waals surface area (Å²) in [5.41, 5.74) is 2.46. The van der Waals surface area contributed by atoms with Crippen LogP contribution in [0.15, 0.2) is 47.5 Å². The number of allylic oxidation sites excluding steroid dienone is 1. The molecule has 0 amide bonds. The second-order valence-corrected chi connectivity index (χ2v) is 3.94. The van der Waals surface area contributed by atoms with Gasteiger partial charge in [-0.05, 0) is 29.8 Å². The van der Waals surface area contributed by atoms with Crippen LogP contribution in [-0.4, -0.2) is 26.0 Å². The number of methoxy groups -OCH3 is 1. The summed E-state index contributed by atoms with van der Waals surface area (Å²) in [5.74, 6) is 0.254. The fourth-order valence-electron chi connectivity index (χ4n) is 1.70. The molecule has 1 aromatic rings. The highest BCUT2D eigenvalue weighted by Crippen LogP contribution is 2.30. The van der Waals surface area contributed by atoms with E-state index in [1.807, 2.05) is 12.2 Å². The summed E-state index contributed by atoms with van der Waals surface area (Å²) in [6.45, 7) is 1.45. The minimum atomic E-state index is -2.88. The van der Waals surface area contributed by atoms with Crippen molar-refractivity contribution in [2.45, 2.75) is 6.61 Å². The maximum Gasteiger partial charge on any atom is 0.387 e. The van der Waals surface area contributed by atoms with Gasteiger partial charge in [-0.15, -0.1) is 0 Å². The van der Waals surface area contributed by atoms with Crippen LogP contribution in [0.25, 0.3) is 0 Å². The molecule has 0 radical (unpaired) electrons. The molecule has 5 heteroatoms. The van der Waals surface area contributed by atoms with Gasteiger partial charge in [-0.25, -0.2) is 0 Å². The Morgan fingerprint density at radius 3 is 2.63 bits per heavy atom. The molecule has 0 aliphatic carbocycles. The lowest BCUT2D eigenvalue weighted by Gasteiger charge is -2.13. The van der Waals surface area contributed by atoms with Crippen molar-refractivity contribution in [1.29, 1.82) is 0 Å². The van der Waals surface area contributed by atoms with Gasteiger partial charge in [0.1, 0.15) is 0 Å². The van der Waals surface area contributed by atoms with Crippen molar-refractivity contribution in [3.8, 4) is 11.5 Å².